The van der Waals surface area contributed by atoms with Crippen LogP contribution in [0.3, 0.4) is 0 Å². The highest BCUT2D eigenvalue weighted by atomic mass is 19.1. The zero-order chi connectivity index (χ0) is 13.4. The second kappa shape index (κ2) is 7.85. The third kappa shape index (κ3) is 4.47. The topological polar surface area (TPSA) is 26.3 Å². The highest BCUT2D eigenvalue weighted by molar-refractivity contribution is 5.89. The molecule has 0 amide bonds. The fourth-order valence-corrected chi connectivity index (χ4v) is 1.75. The fraction of sp³-hybridized carbons (Fsp3) is 0.533. The van der Waals surface area contributed by atoms with Crippen LogP contribution in [0, 0.1) is 12.7 Å². The maximum Gasteiger partial charge on any atom is 0.341 e. The van der Waals surface area contributed by atoms with Gasteiger partial charge in [-0.25, -0.2) is 9.18 Å². The van der Waals surface area contributed by atoms with E-state index in [9.17, 15) is 9.18 Å². The number of rotatable bonds is 7. The van der Waals surface area contributed by atoms with Crippen LogP contribution in [-0.2, 0) is 4.74 Å². The number of ether oxygens (including phenoxy) is 1. The van der Waals surface area contributed by atoms with Crippen LogP contribution >= 0.6 is 0 Å². The Kier molecular flexibility index (Phi) is 6.40. The molecule has 1 rings (SSSR count). The van der Waals surface area contributed by atoms with Crippen molar-refractivity contribution in [1.29, 1.82) is 0 Å². The first-order valence-corrected chi connectivity index (χ1v) is 6.59. The van der Waals surface area contributed by atoms with Crippen LogP contribution in [0.1, 0.15) is 54.9 Å². The van der Waals surface area contributed by atoms with E-state index in [4.69, 9.17) is 4.74 Å². The van der Waals surface area contributed by atoms with Crippen LogP contribution in [0.2, 0.25) is 0 Å². The van der Waals surface area contributed by atoms with E-state index in [-0.39, 0.29) is 5.56 Å². The summed E-state index contributed by atoms with van der Waals surface area (Å²) in [7, 11) is 0. The van der Waals surface area contributed by atoms with Gasteiger partial charge in [0.2, 0.25) is 0 Å². The van der Waals surface area contributed by atoms with Gasteiger partial charge >= 0.3 is 5.97 Å². The van der Waals surface area contributed by atoms with Crippen molar-refractivity contribution in [3.8, 4) is 0 Å². The Labute approximate surface area is 108 Å². The minimum atomic E-state index is -0.563. The lowest BCUT2D eigenvalue weighted by molar-refractivity contribution is 0.0492. The number of unbranched alkanes of at least 4 members (excludes halogenated alkanes) is 4. The molecule has 0 fully saturated rings. The Morgan fingerprint density at radius 2 is 1.94 bits per heavy atom. The molecule has 0 radical (unpaired) electrons. The summed E-state index contributed by atoms with van der Waals surface area (Å²) in [6.07, 6.45) is 5.46. The largest absolute Gasteiger partial charge is 0.462 e. The van der Waals surface area contributed by atoms with E-state index in [0.29, 0.717) is 12.2 Å². The summed E-state index contributed by atoms with van der Waals surface area (Å²) >= 11 is 0. The van der Waals surface area contributed by atoms with Crippen molar-refractivity contribution >= 4 is 5.97 Å². The predicted molar refractivity (Wildman–Crippen MR) is 70.2 cm³/mol. The monoisotopic (exact) mass is 252 g/mol. The van der Waals surface area contributed by atoms with Gasteiger partial charge in [-0.3, -0.25) is 0 Å². The molecule has 2 nitrogen and oxygen atoms in total. The molecule has 18 heavy (non-hydrogen) atoms. The summed E-state index contributed by atoms with van der Waals surface area (Å²) < 4.78 is 18.7. The Hall–Kier alpha value is -1.38. The van der Waals surface area contributed by atoms with E-state index < -0.39 is 11.8 Å². The van der Waals surface area contributed by atoms with Crippen LogP contribution in [0.4, 0.5) is 4.39 Å². The van der Waals surface area contributed by atoms with Crippen molar-refractivity contribution in [2.45, 2.75) is 46.0 Å². The van der Waals surface area contributed by atoms with Gasteiger partial charge in [-0.15, -0.1) is 0 Å². The fourth-order valence-electron chi connectivity index (χ4n) is 1.75. The van der Waals surface area contributed by atoms with Crippen molar-refractivity contribution < 1.29 is 13.9 Å². The first-order chi connectivity index (χ1) is 8.66. The van der Waals surface area contributed by atoms with Gasteiger partial charge in [0.05, 0.1) is 12.2 Å². The van der Waals surface area contributed by atoms with E-state index in [2.05, 4.69) is 6.92 Å². The van der Waals surface area contributed by atoms with Gasteiger partial charge in [-0.2, -0.15) is 0 Å². The smallest absolute Gasteiger partial charge is 0.341 e. The third-order valence-electron chi connectivity index (χ3n) is 2.89. The highest BCUT2D eigenvalue weighted by Crippen LogP contribution is 2.13. The molecule has 0 atom stereocenters. The summed E-state index contributed by atoms with van der Waals surface area (Å²) in [4.78, 5) is 11.6. The predicted octanol–water partition coefficient (Wildman–Crippen LogP) is 4.26. The maximum absolute atomic E-state index is 13.6. The van der Waals surface area contributed by atoms with Gasteiger partial charge in [-0.05, 0) is 25.0 Å². The second-order valence-corrected chi connectivity index (χ2v) is 4.49. The van der Waals surface area contributed by atoms with E-state index >= 15 is 0 Å². The minimum Gasteiger partial charge on any atom is -0.462 e. The molecule has 0 saturated carbocycles. The number of benzene rings is 1. The van der Waals surface area contributed by atoms with Crippen LogP contribution in [0.25, 0.3) is 0 Å². The van der Waals surface area contributed by atoms with Crippen LogP contribution in [0.5, 0.6) is 0 Å². The lowest BCUT2D eigenvalue weighted by Gasteiger charge is -2.06. The molecule has 0 aliphatic rings. The van der Waals surface area contributed by atoms with Gasteiger partial charge in [0.15, 0.2) is 0 Å². The molecule has 0 aliphatic heterocycles. The lowest BCUT2D eigenvalue weighted by atomic mass is 10.1. The summed E-state index contributed by atoms with van der Waals surface area (Å²) in [5, 5.41) is 0. The Balaban J connectivity index is 2.35. The number of aryl methyl sites for hydroxylation is 1. The van der Waals surface area contributed by atoms with Crippen LogP contribution < -0.4 is 0 Å². The van der Waals surface area contributed by atoms with Gasteiger partial charge < -0.3 is 4.74 Å². The number of carbonyl (C=O) groups is 1. The normalized spacial score (nSPS) is 10.4. The Morgan fingerprint density at radius 1 is 1.22 bits per heavy atom. The van der Waals surface area contributed by atoms with Gasteiger partial charge in [0.25, 0.3) is 0 Å². The molecule has 3 heteroatoms. The number of halogens is 1. The first-order valence-electron chi connectivity index (χ1n) is 6.59. The maximum atomic E-state index is 13.6. The summed E-state index contributed by atoms with van der Waals surface area (Å²) in [5.74, 6) is -1.04. The van der Waals surface area contributed by atoms with E-state index in [0.717, 1.165) is 19.3 Å². The van der Waals surface area contributed by atoms with Gasteiger partial charge in [0, 0.05) is 0 Å². The van der Waals surface area contributed by atoms with Crippen molar-refractivity contribution in [2.24, 2.45) is 0 Å². The lowest BCUT2D eigenvalue weighted by Crippen LogP contribution is -2.09. The highest BCUT2D eigenvalue weighted by Gasteiger charge is 2.13. The molecule has 0 heterocycles. The van der Waals surface area contributed by atoms with Crippen molar-refractivity contribution in [2.75, 3.05) is 6.61 Å². The second-order valence-electron chi connectivity index (χ2n) is 4.49. The Bertz CT molecular complexity index is 388. The quantitative estimate of drug-likeness (QED) is 0.535. The number of esters is 1. The molecule has 0 unspecified atom stereocenters. The van der Waals surface area contributed by atoms with Gasteiger partial charge in [0.1, 0.15) is 5.82 Å². The zero-order valence-corrected chi connectivity index (χ0v) is 11.2. The molecule has 0 N–H and O–H groups in total. The molecule has 1 aromatic carbocycles. The average Bonchev–Trinajstić information content (AvgIpc) is 2.36. The molecule has 0 bridgehead atoms. The molecular weight excluding hydrogens is 231 g/mol. The number of hydrogen-bond donors (Lipinski definition) is 0. The van der Waals surface area contributed by atoms with E-state index in [1.807, 2.05) is 0 Å². The third-order valence-corrected chi connectivity index (χ3v) is 2.89. The average molecular weight is 252 g/mol. The van der Waals surface area contributed by atoms with Crippen LogP contribution in [0.15, 0.2) is 18.2 Å². The first kappa shape index (κ1) is 14.7. The van der Waals surface area contributed by atoms with Crippen LogP contribution in [-0.4, -0.2) is 12.6 Å². The summed E-state index contributed by atoms with van der Waals surface area (Å²) in [5.41, 5.74) is 0.496. The Morgan fingerprint density at radius 3 is 2.67 bits per heavy atom. The van der Waals surface area contributed by atoms with Crippen molar-refractivity contribution in [3.05, 3.63) is 35.1 Å². The molecule has 100 valence electrons. The molecule has 0 aromatic heterocycles. The van der Waals surface area contributed by atoms with Crippen molar-refractivity contribution in [1.82, 2.24) is 0 Å². The molecule has 0 aliphatic carbocycles. The minimum absolute atomic E-state index is 0.0311. The molecule has 0 spiro atoms. The van der Waals surface area contributed by atoms with E-state index in [1.54, 1.807) is 19.1 Å². The summed E-state index contributed by atoms with van der Waals surface area (Å²) in [6, 6.07) is 4.76. The molecular formula is C15H21FO2. The standard InChI is InChI=1S/C15H21FO2/c1-3-4-5-6-7-11-18-15(17)13-10-8-9-12(2)14(13)16/h8-10H,3-7,11H2,1-2H3. The summed E-state index contributed by atoms with van der Waals surface area (Å²) in [6.45, 7) is 4.16. The van der Waals surface area contributed by atoms with E-state index in [1.165, 1.54) is 18.9 Å². The molecule has 1 aromatic rings. The SMILES string of the molecule is CCCCCCCOC(=O)c1cccc(C)c1F. The van der Waals surface area contributed by atoms with Gasteiger partial charge in [-0.1, -0.05) is 44.7 Å². The molecule has 0 saturated heterocycles. The zero-order valence-electron chi connectivity index (χ0n) is 11.2. The van der Waals surface area contributed by atoms with Crippen molar-refractivity contribution in [3.63, 3.8) is 0 Å². The number of hydrogen-bond acceptors (Lipinski definition) is 2. The number of carbonyl (C=O) groups excluding carboxylic acids is 1.